The molecule has 2 nitrogen and oxygen atoms in total. The molecule has 0 amide bonds. The van der Waals surface area contributed by atoms with Crippen molar-refractivity contribution in [3.05, 3.63) is 39.7 Å². The van der Waals surface area contributed by atoms with Gasteiger partial charge in [0.2, 0.25) is 0 Å². The van der Waals surface area contributed by atoms with Crippen LogP contribution >= 0.6 is 11.3 Å². The Morgan fingerprint density at radius 3 is 2.78 bits per heavy atom. The van der Waals surface area contributed by atoms with Gasteiger partial charge in [0.25, 0.3) is 0 Å². The molecular formula is C15H18N2S. The summed E-state index contributed by atoms with van der Waals surface area (Å²) >= 11 is 1.77. The van der Waals surface area contributed by atoms with Gasteiger partial charge in [0.05, 0.1) is 11.7 Å². The summed E-state index contributed by atoms with van der Waals surface area (Å²) in [5.41, 5.74) is 9.99. The predicted octanol–water partition coefficient (Wildman–Crippen LogP) is 3.66. The lowest BCUT2D eigenvalue weighted by atomic mass is 9.74. The monoisotopic (exact) mass is 258 g/mol. The Morgan fingerprint density at radius 1 is 1.33 bits per heavy atom. The third-order valence-electron chi connectivity index (χ3n) is 3.62. The molecule has 1 heterocycles. The van der Waals surface area contributed by atoms with E-state index >= 15 is 0 Å². The first-order valence-electron chi connectivity index (χ1n) is 6.34. The van der Waals surface area contributed by atoms with Gasteiger partial charge < -0.3 is 5.73 Å². The summed E-state index contributed by atoms with van der Waals surface area (Å²) in [6.07, 6.45) is 1.06. The fourth-order valence-electron chi connectivity index (χ4n) is 2.67. The van der Waals surface area contributed by atoms with Crippen molar-refractivity contribution in [1.29, 1.82) is 0 Å². The lowest BCUT2D eigenvalue weighted by Crippen LogP contribution is -2.24. The van der Waals surface area contributed by atoms with Crippen molar-refractivity contribution >= 4 is 11.3 Å². The highest BCUT2D eigenvalue weighted by molar-refractivity contribution is 7.12. The summed E-state index contributed by atoms with van der Waals surface area (Å²) in [4.78, 5) is 6.13. The summed E-state index contributed by atoms with van der Waals surface area (Å²) in [5.74, 6) is 0. The second kappa shape index (κ2) is 3.90. The number of thiazole rings is 1. The Bertz CT molecular complexity index is 596. The maximum atomic E-state index is 5.96. The van der Waals surface area contributed by atoms with Crippen molar-refractivity contribution < 1.29 is 0 Å². The van der Waals surface area contributed by atoms with E-state index in [0.717, 1.165) is 17.1 Å². The second-order valence-corrected chi connectivity index (χ2v) is 6.83. The van der Waals surface area contributed by atoms with E-state index in [1.807, 2.05) is 6.92 Å². The molecule has 0 spiro atoms. The molecule has 2 N–H and O–H groups in total. The molecule has 2 aromatic rings. The lowest BCUT2D eigenvalue weighted by molar-refractivity contribution is 0.521. The Balaban J connectivity index is 2.23. The van der Waals surface area contributed by atoms with Gasteiger partial charge in [-0.2, -0.15) is 0 Å². The number of nitrogens with two attached hydrogens (primary N) is 1. The normalized spacial score (nSPS) is 18.0. The van der Waals surface area contributed by atoms with Crippen molar-refractivity contribution in [2.24, 2.45) is 5.73 Å². The van der Waals surface area contributed by atoms with Gasteiger partial charge in [-0.25, -0.2) is 4.98 Å². The first kappa shape index (κ1) is 11.9. The van der Waals surface area contributed by atoms with Crippen molar-refractivity contribution in [2.45, 2.75) is 38.6 Å². The van der Waals surface area contributed by atoms with Crippen molar-refractivity contribution in [1.82, 2.24) is 4.98 Å². The molecule has 0 fully saturated rings. The van der Waals surface area contributed by atoms with E-state index in [9.17, 15) is 0 Å². The maximum absolute atomic E-state index is 5.96. The summed E-state index contributed by atoms with van der Waals surface area (Å²) in [5, 5.41) is 1.05. The van der Waals surface area contributed by atoms with Crippen molar-refractivity contribution in [2.75, 3.05) is 0 Å². The van der Waals surface area contributed by atoms with Crippen LogP contribution < -0.4 is 5.73 Å². The fourth-order valence-corrected chi connectivity index (χ4v) is 3.93. The van der Waals surface area contributed by atoms with E-state index in [0.29, 0.717) is 0 Å². The van der Waals surface area contributed by atoms with Crippen LogP contribution in [0.5, 0.6) is 0 Å². The fraction of sp³-hybridized carbons (Fsp3) is 0.400. The highest BCUT2D eigenvalue weighted by Gasteiger charge is 2.33. The molecule has 0 aliphatic heterocycles. The second-order valence-electron chi connectivity index (χ2n) is 5.72. The van der Waals surface area contributed by atoms with Gasteiger partial charge in [-0.05, 0) is 24.3 Å². The third kappa shape index (κ3) is 1.70. The van der Waals surface area contributed by atoms with E-state index in [4.69, 9.17) is 10.7 Å². The van der Waals surface area contributed by atoms with Gasteiger partial charge in [-0.15, -0.1) is 11.3 Å². The first-order valence-corrected chi connectivity index (χ1v) is 7.16. The number of rotatable bonds is 1. The molecule has 1 aromatic carbocycles. The minimum Gasteiger partial charge on any atom is -0.322 e. The van der Waals surface area contributed by atoms with Crippen LogP contribution in [-0.2, 0) is 11.8 Å². The molecule has 1 aliphatic rings. The molecule has 1 aromatic heterocycles. The summed E-state index contributed by atoms with van der Waals surface area (Å²) in [7, 11) is 0. The molecule has 0 saturated heterocycles. The minimum absolute atomic E-state index is 0.0240. The molecule has 0 saturated carbocycles. The number of benzene rings is 1. The van der Waals surface area contributed by atoms with Crippen molar-refractivity contribution in [3.8, 4) is 11.3 Å². The first-order chi connectivity index (χ1) is 8.49. The zero-order valence-corrected chi connectivity index (χ0v) is 11.8. The predicted molar refractivity (Wildman–Crippen MR) is 76.9 cm³/mol. The Labute approximate surface area is 112 Å². The van der Waals surface area contributed by atoms with E-state index in [1.54, 1.807) is 11.3 Å². The molecule has 3 heteroatoms. The molecule has 18 heavy (non-hydrogen) atoms. The number of aromatic nitrogens is 1. The topological polar surface area (TPSA) is 38.9 Å². The van der Waals surface area contributed by atoms with Crippen LogP contribution in [0.2, 0.25) is 0 Å². The molecule has 0 bridgehead atoms. The van der Waals surface area contributed by atoms with Crippen molar-refractivity contribution in [3.63, 3.8) is 0 Å². The summed E-state index contributed by atoms with van der Waals surface area (Å²) in [6.45, 7) is 6.61. The Hall–Kier alpha value is -1.19. The van der Waals surface area contributed by atoms with Crippen LogP contribution in [0.4, 0.5) is 0 Å². The molecular weight excluding hydrogens is 240 g/mol. The van der Waals surface area contributed by atoms with Crippen LogP contribution in [0, 0.1) is 0 Å². The molecule has 3 rings (SSSR count). The lowest BCUT2D eigenvalue weighted by Gasteiger charge is -2.31. The van der Waals surface area contributed by atoms with Gasteiger partial charge in [0.1, 0.15) is 5.01 Å². The molecule has 0 radical (unpaired) electrons. The Morgan fingerprint density at radius 2 is 2.06 bits per heavy atom. The summed E-state index contributed by atoms with van der Waals surface area (Å²) in [6, 6.07) is 8.64. The number of hydrogen-bond acceptors (Lipinski definition) is 3. The van der Waals surface area contributed by atoms with Gasteiger partial charge in [0.15, 0.2) is 0 Å². The average Bonchev–Trinajstić information content (AvgIpc) is 2.72. The van der Waals surface area contributed by atoms with Gasteiger partial charge >= 0.3 is 0 Å². The zero-order valence-electron chi connectivity index (χ0n) is 11.0. The third-order valence-corrected chi connectivity index (χ3v) is 4.87. The summed E-state index contributed by atoms with van der Waals surface area (Å²) < 4.78 is 0. The zero-order chi connectivity index (χ0) is 12.9. The number of hydrogen-bond donors (Lipinski definition) is 1. The Kier molecular flexibility index (Phi) is 2.57. The van der Waals surface area contributed by atoms with E-state index in [-0.39, 0.29) is 11.5 Å². The largest absolute Gasteiger partial charge is 0.322 e. The molecule has 94 valence electrons. The van der Waals surface area contributed by atoms with Crippen LogP contribution in [0.1, 0.15) is 42.3 Å². The minimum atomic E-state index is 0.0240. The molecule has 1 atom stereocenters. The van der Waals surface area contributed by atoms with Crippen LogP contribution in [-0.4, -0.2) is 4.98 Å². The highest BCUT2D eigenvalue weighted by Crippen LogP contribution is 2.45. The molecule has 1 unspecified atom stereocenters. The van der Waals surface area contributed by atoms with E-state index < -0.39 is 0 Å². The standard InChI is InChI=1S/C15H18N2S/c1-9(16)14-17-13-10-6-4-5-7-11(10)15(2,3)8-12(13)18-14/h4-7,9H,8,16H2,1-3H3. The SMILES string of the molecule is CC(N)c1nc2c(s1)CC(C)(C)c1ccccc1-2. The van der Waals surface area contributed by atoms with Crippen LogP contribution in [0.25, 0.3) is 11.3 Å². The van der Waals surface area contributed by atoms with Gasteiger partial charge in [0, 0.05) is 10.4 Å². The number of fused-ring (bicyclic) bond motifs is 3. The molecule has 1 aliphatic carbocycles. The van der Waals surface area contributed by atoms with Crippen LogP contribution in [0.3, 0.4) is 0 Å². The van der Waals surface area contributed by atoms with E-state index in [1.165, 1.54) is 16.0 Å². The van der Waals surface area contributed by atoms with Crippen LogP contribution in [0.15, 0.2) is 24.3 Å². The van der Waals surface area contributed by atoms with Gasteiger partial charge in [-0.1, -0.05) is 38.1 Å². The highest BCUT2D eigenvalue weighted by atomic mass is 32.1. The maximum Gasteiger partial charge on any atom is 0.110 e. The average molecular weight is 258 g/mol. The number of nitrogens with zero attached hydrogens (tertiary/aromatic N) is 1. The van der Waals surface area contributed by atoms with Gasteiger partial charge in [-0.3, -0.25) is 0 Å². The van der Waals surface area contributed by atoms with E-state index in [2.05, 4.69) is 38.1 Å². The smallest absolute Gasteiger partial charge is 0.110 e. The quantitative estimate of drug-likeness (QED) is 0.847.